The molecule has 5 nitrogen and oxygen atoms in total. The van der Waals surface area contributed by atoms with E-state index in [0.717, 1.165) is 0 Å². The Morgan fingerprint density at radius 1 is 1.27 bits per heavy atom. The van der Waals surface area contributed by atoms with Crippen molar-refractivity contribution in [3.63, 3.8) is 0 Å². The normalized spacial score (nSPS) is 16.0. The summed E-state index contributed by atoms with van der Waals surface area (Å²) < 4.78 is 19.7. The van der Waals surface area contributed by atoms with Crippen molar-refractivity contribution in [2.45, 2.75) is 39.3 Å². The lowest BCUT2D eigenvalue weighted by atomic mass is 9.94. The van der Waals surface area contributed by atoms with E-state index >= 15 is 0 Å². The largest absolute Gasteiger partial charge is 0.505 e. The van der Waals surface area contributed by atoms with Gasteiger partial charge in [-0.3, -0.25) is 4.79 Å². The Bertz CT molecular complexity index is 759. The van der Waals surface area contributed by atoms with Crippen LogP contribution in [-0.4, -0.2) is 47.2 Å². The lowest BCUT2D eigenvalue weighted by molar-refractivity contribution is -0.119. The molecule has 0 aromatic heterocycles. The Morgan fingerprint density at radius 3 is 2.27 bits per heavy atom. The van der Waals surface area contributed by atoms with E-state index in [1.165, 1.54) is 19.3 Å². The van der Waals surface area contributed by atoms with Gasteiger partial charge in [0.05, 0.1) is 30.9 Å². The van der Waals surface area contributed by atoms with E-state index in [9.17, 15) is 19.4 Å². The van der Waals surface area contributed by atoms with Gasteiger partial charge >= 0.3 is 0 Å². The Labute approximate surface area is 179 Å². The van der Waals surface area contributed by atoms with Gasteiger partial charge in [-0.1, -0.05) is 44.0 Å². The van der Waals surface area contributed by atoms with Crippen molar-refractivity contribution < 1.29 is 24.1 Å². The third-order valence-corrected chi connectivity index (χ3v) is 4.69. The van der Waals surface area contributed by atoms with E-state index in [4.69, 9.17) is 4.74 Å². The van der Waals surface area contributed by atoms with Crippen molar-refractivity contribution in [2.24, 2.45) is 5.92 Å². The molecule has 0 saturated heterocycles. The summed E-state index contributed by atoms with van der Waals surface area (Å²) in [6, 6.07) is -0.601. The van der Waals surface area contributed by atoms with Crippen molar-refractivity contribution in [3.8, 4) is 0 Å². The van der Waals surface area contributed by atoms with E-state index in [2.05, 4.69) is 19.7 Å². The first-order chi connectivity index (χ1) is 14.0. The van der Waals surface area contributed by atoms with Gasteiger partial charge in [-0.2, -0.15) is 0 Å². The number of hydrogen-bond donors (Lipinski definition) is 2. The molecule has 0 rings (SSSR count). The van der Waals surface area contributed by atoms with Crippen LogP contribution in [0.4, 0.5) is 4.39 Å². The fourth-order valence-electron chi connectivity index (χ4n) is 2.87. The molecule has 30 heavy (non-hydrogen) atoms. The highest BCUT2D eigenvalue weighted by Gasteiger charge is 2.25. The van der Waals surface area contributed by atoms with Crippen molar-refractivity contribution in [2.75, 3.05) is 14.2 Å². The minimum absolute atomic E-state index is 0.114. The number of carbonyl (C=O) groups is 1. The van der Waals surface area contributed by atoms with Gasteiger partial charge in [0.25, 0.3) is 0 Å². The number of Topliss-reactive ketones (excluding diaryl/α,β-unsaturated/α-hetero) is 1. The highest BCUT2D eigenvalue weighted by molar-refractivity contribution is 5.92. The Hall–Kier alpha value is -2.86. The molecule has 0 bridgehead atoms. The molecule has 0 amide bonds. The number of carbonyl (C=O) groups excluding carboxylic acids is 1. The van der Waals surface area contributed by atoms with Crippen LogP contribution in [0.25, 0.3) is 0 Å². The number of aliphatic hydroxyl groups is 2. The van der Waals surface area contributed by atoms with Gasteiger partial charge in [-0.25, -0.2) is 4.39 Å². The molecule has 0 aliphatic heterocycles. The number of allylic oxidation sites excluding steroid dienone is 8. The molecule has 0 fully saturated rings. The number of ketones is 1. The SMILES string of the molecule is C=C/C(=C(F)\C=C/C)C(C=C/C(=C\C)N(C)C(CC(=O)C(=C)O)C(C)O)C(=C)OC. The number of aliphatic hydroxyl groups excluding tert-OH is 2. The van der Waals surface area contributed by atoms with Crippen molar-refractivity contribution >= 4 is 5.78 Å². The lowest BCUT2D eigenvalue weighted by Crippen LogP contribution is -2.40. The van der Waals surface area contributed by atoms with Crippen LogP contribution in [0, 0.1) is 5.92 Å². The van der Waals surface area contributed by atoms with Crippen LogP contribution in [0.15, 0.2) is 84.8 Å². The molecule has 0 radical (unpaired) electrons. The molecule has 6 heteroatoms. The second-order valence-electron chi connectivity index (χ2n) is 6.72. The zero-order chi connectivity index (χ0) is 23.4. The second-order valence-corrected chi connectivity index (χ2v) is 6.72. The molecule has 0 spiro atoms. The second kappa shape index (κ2) is 13.4. The molecule has 0 aromatic carbocycles. The highest BCUT2D eigenvalue weighted by atomic mass is 19.1. The summed E-state index contributed by atoms with van der Waals surface area (Å²) in [6.07, 6.45) is 8.59. The van der Waals surface area contributed by atoms with Crippen molar-refractivity contribution in [1.82, 2.24) is 4.90 Å². The van der Waals surface area contributed by atoms with Crippen LogP contribution in [0.5, 0.6) is 0 Å². The minimum Gasteiger partial charge on any atom is -0.505 e. The summed E-state index contributed by atoms with van der Waals surface area (Å²) in [7, 11) is 3.17. The number of methoxy groups -OCH3 is 1. The molecule has 0 heterocycles. The first-order valence-electron chi connectivity index (χ1n) is 9.59. The van der Waals surface area contributed by atoms with E-state index in [1.54, 1.807) is 57.0 Å². The van der Waals surface area contributed by atoms with Crippen LogP contribution in [0.1, 0.15) is 27.2 Å². The summed E-state index contributed by atoms with van der Waals surface area (Å²) in [5, 5.41) is 19.5. The maximum Gasteiger partial charge on any atom is 0.198 e. The fraction of sp³-hybridized carbons (Fsp3) is 0.375. The summed E-state index contributed by atoms with van der Waals surface area (Å²) >= 11 is 0. The summed E-state index contributed by atoms with van der Waals surface area (Å²) in [4.78, 5) is 13.6. The Balaban J connectivity index is 6.01. The maximum atomic E-state index is 14.5. The number of rotatable bonds is 13. The molecule has 0 aromatic rings. The van der Waals surface area contributed by atoms with E-state index in [1.807, 2.05) is 0 Å². The lowest BCUT2D eigenvalue weighted by Gasteiger charge is -2.32. The standard InChI is InChI=1S/C24H34FNO4/c1-9-12-22(25)20(11-3)21(18(6)30-8)14-13-19(10-2)26(7)23(16(4)27)15-24(29)17(5)28/h9-14,16,21,23,27-28H,3,5-6,15H2,1-2,4,7-8H3/b12-9-,14-13?,19-10+,22-20-. The first-order valence-corrected chi connectivity index (χ1v) is 9.59. The molecule has 0 aliphatic rings. The van der Waals surface area contributed by atoms with Gasteiger partial charge in [-0.05, 0) is 32.9 Å². The van der Waals surface area contributed by atoms with E-state index < -0.39 is 35.4 Å². The molecule has 166 valence electrons. The molecule has 3 unspecified atom stereocenters. The summed E-state index contributed by atoms with van der Waals surface area (Å²) in [5.41, 5.74) is 0.967. The number of ether oxygens (including phenoxy) is 1. The molecule has 0 saturated carbocycles. The van der Waals surface area contributed by atoms with E-state index in [0.29, 0.717) is 17.0 Å². The van der Waals surface area contributed by atoms with Gasteiger partial charge in [0.2, 0.25) is 0 Å². The first kappa shape index (κ1) is 27.1. The average Bonchev–Trinajstić information content (AvgIpc) is 2.70. The monoisotopic (exact) mass is 419 g/mol. The third-order valence-electron chi connectivity index (χ3n) is 4.69. The summed E-state index contributed by atoms with van der Waals surface area (Å²) in [6.45, 7) is 15.9. The average molecular weight is 420 g/mol. The van der Waals surface area contributed by atoms with Crippen LogP contribution in [0.2, 0.25) is 0 Å². The fourth-order valence-corrected chi connectivity index (χ4v) is 2.87. The van der Waals surface area contributed by atoms with Gasteiger partial charge < -0.3 is 19.8 Å². The smallest absolute Gasteiger partial charge is 0.198 e. The van der Waals surface area contributed by atoms with Crippen LogP contribution < -0.4 is 0 Å². The highest BCUT2D eigenvalue weighted by Crippen LogP contribution is 2.28. The molecule has 3 atom stereocenters. The van der Waals surface area contributed by atoms with Gasteiger partial charge in [-0.15, -0.1) is 0 Å². The third kappa shape index (κ3) is 7.87. The molecular weight excluding hydrogens is 385 g/mol. The van der Waals surface area contributed by atoms with Crippen LogP contribution in [0.3, 0.4) is 0 Å². The Kier molecular flexibility index (Phi) is 12.1. The van der Waals surface area contributed by atoms with E-state index in [-0.39, 0.29) is 6.42 Å². The number of halogens is 1. The zero-order valence-corrected chi connectivity index (χ0v) is 18.6. The molecular formula is C24H34FNO4. The predicted octanol–water partition coefficient (Wildman–Crippen LogP) is 4.92. The van der Waals surface area contributed by atoms with Gasteiger partial charge in [0.15, 0.2) is 11.5 Å². The maximum absolute atomic E-state index is 14.5. The van der Waals surface area contributed by atoms with Crippen molar-refractivity contribution in [1.29, 1.82) is 0 Å². The predicted molar refractivity (Wildman–Crippen MR) is 120 cm³/mol. The topological polar surface area (TPSA) is 70.0 Å². The number of likely N-dealkylation sites (N-methyl/N-ethyl adjacent to an activating group) is 1. The quantitative estimate of drug-likeness (QED) is 0.252. The van der Waals surface area contributed by atoms with Crippen LogP contribution >= 0.6 is 0 Å². The minimum atomic E-state index is -0.859. The van der Waals surface area contributed by atoms with Crippen molar-refractivity contribution in [3.05, 3.63) is 84.8 Å². The molecule has 0 aliphatic carbocycles. The van der Waals surface area contributed by atoms with Gasteiger partial charge in [0.1, 0.15) is 5.83 Å². The number of nitrogens with zero attached hydrogens (tertiary/aromatic N) is 1. The molecule has 2 N–H and O–H groups in total. The van der Waals surface area contributed by atoms with Crippen LogP contribution in [-0.2, 0) is 9.53 Å². The van der Waals surface area contributed by atoms with Gasteiger partial charge in [0, 0.05) is 24.7 Å². The Morgan fingerprint density at radius 2 is 1.87 bits per heavy atom. The number of hydrogen-bond acceptors (Lipinski definition) is 5. The summed E-state index contributed by atoms with van der Waals surface area (Å²) in [5.74, 6) is -1.83. The zero-order valence-electron chi connectivity index (χ0n) is 18.6.